The fourth-order valence-electron chi connectivity index (χ4n) is 2.64. The van der Waals surface area contributed by atoms with E-state index in [9.17, 15) is 0 Å². The Morgan fingerprint density at radius 3 is 3.21 bits per heavy atom. The molecule has 0 radical (unpaired) electrons. The average molecular weight is 255 g/mol. The van der Waals surface area contributed by atoms with Gasteiger partial charge in [-0.05, 0) is 36.6 Å². The van der Waals surface area contributed by atoms with E-state index in [-0.39, 0.29) is 0 Å². The highest BCUT2D eigenvalue weighted by Gasteiger charge is 2.25. The lowest BCUT2D eigenvalue weighted by Gasteiger charge is -2.10. The van der Waals surface area contributed by atoms with Crippen molar-refractivity contribution in [3.63, 3.8) is 0 Å². The van der Waals surface area contributed by atoms with Crippen LogP contribution in [-0.4, -0.2) is 16.2 Å². The van der Waals surface area contributed by atoms with Crippen molar-refractivity contribution in [3.8, 4) is 5.75 Å². The van der Waals surface area contributed by atoms with Crippen molar-refractivity contribution in [2.45, 2.75) is 31.8 Å². The molecule has 0 bridgehead atoms. The number of hydrogen-bond acceptors (Lipinski definition) is 3. The second-order valence-corrected chi connectivity index (χ2v) is 5.30. The Morgan fingerprint density at radius 2 is 2.32 bits per heavy atom. The third kappa shape index (κ3) is 2.07. The summed E-state index contributed by atoms with van der Waals surface area (Å²) in [4.78, 5) is 4.26. The second-order valence-electron chi connectivity index (χ2n) is 5.30. The van der Waals surface area contributed by atoms with Crippen LogP contribution in [0.2, 0.25) is 0 Å². The van der Waals surface area contributed by atoms with E-state index in [2.05, 4.69) is 33.1 Å². The standard InChI is InChI=1S/C15H17N3O/c1-4-15-11(5-6-19-15)7-12(1)17-9-14-8-16-10-18(14)13-2-3-13/h1,4,7-8,10,13,17H,2-3,5-6,9H2. The van der Waals surface area contributed by atoms with Crippen molar-refractivity contribution in [1.82, 2.24) is 9.55 Å². The van der Waals surface area contributed by atoms with Crippen LogP contribution in [-0.2, 0) is 13.0 Å². The Bertz CT molecular complexity index is 601. The number of hydrogen-bond donors (Lipinski definition) is 1. The molecule has 1 aliphatic carbocycles. The lowest BCUT2D eigenvalue weighted by atomic mass is 10.1. The minimum atomic E-state index is 0.688. The van der Waals surface area contributed by atoms with Crippen LogP contribution in [0.15, 0.2) is 30.7 Å². The Labute approximate surface area is 112 Å². The first-order chi connectivity index (χ1) is 9.40. The monoisotopic (exact) mass is 255 g/mol. The highest BCUT2D eigenvalue weighted by molar-refractivity contribution is 5.52. The summed E-state index contributed by atoms with van der Waals surface area (Å²) in [7, 11) is 0. The van der Waals surface area contributed by atoms with Crippen molar-refractivity contribution in [2.75, 3.05) is 11.9 Å². The molecule has 4 rings (SSSR count). The van der Waals surface area contributed by atoms with Crippen LogP contribution in [0.3, 0.4) is 0 Å². The van der Waals surface area contributed by atoms with Gasteiger partial charge in [-0.1, -0.05) is 0 Å². The average Bonchev–Trinajstić information content (AvgIpc) is 3.00. The van der Waals surface area contributed by atoms with E-state index in [1.165, 1.54) is 24.1 Å². The van der Waals surface area contributed by atoms with Crippen LogP contribution in [0.5, 0.6) is 5.75 Å². The summed E-state index contributed by atoms with van der Waals surface area (Å²) >= 11 is 0. The van der Waals surface area contributed by atoms with E-state index >= 15 is 0 Å². The number of benzene rings is 1. The Balaban J connectivity index is 1.48. The van der Waals surface area contributed by atoms with Crippen LogP contribution >= 0.6 is 0 Å². The molecular formula is C15H17N3O. The van der Waals surface area contributed by atoms with Gasteiger partial charge in [0, 0.05) is 24.3 Å². The summed E-state index contributed by atoms with van der Waals surface area (Å²) < 4.78 is 7.82. The molecule has 4 heteroatoms. The van der Waals surface area contributed by atoms with Crippen LogP contribution in [0.25, 0.3) is 0 Å². The molecule has 0 unspecified atom stereocenters. The topological polar surface area (TPSA) is 39.1 Å². The quantitative estimate of drug-likeness (QED) is 0.913. The zero-order valence-electron chi connectivity index (χ0n) is 10.8. The van der Waals surface area contributed by atoms with Crippen LogP contribution in [0.1, 0.15) is 30.1 Å². The van der Waals surface area contributed by atoms with Gasteiger partial charge in [0.2, 0.25) is 0 Å². The van der Waals surface area contributed by atoms with Gasteiger partial charge in [-0.3, -0.25) is 0 Å². The van der Waals surface area contributed by atoms with Crippen molar-refractivity contribution in [2.24, 2.45) is 0 Å². The van der Waals surface area contributed by atoms with Gasteiger partial charge in [0.05, 0.1) is 25.2 Å². The molecule has 1 aromatic carbocycles. The molecule has 2 aromatic rings. The van der Waals surface area contributed by atoms with Crippen molar-refractivity contribution in [3.05, 3.63) is 42.0 Å². The van der Waals surface area contributed by atoms with Crippen LogP contribution in [0.4, 0.5) is 5.69 Å². The zero-order valence-corrected chi connectivity index (χ0v) is 10.8. The first-order valence-corrected chi connectivity index (χ1v) is 6.90. The predicted octanol–water partition coefficient (Wildman–Crippen LogP) is 2.77. The van der Waals surface area contributed by atoms with Gasteiger partial charge in [-0.15, -0.1) is 0 Å². The molecule has 0 atom stereocenters. The molecule has 4 nitrogen and oxygen atoms in total. The number of nitrogens with one attached hydrogen (secondary N) is 1. The van der Waals surface area contributed by atoms with Crippen LogP contribution in [0, 0.1) is 0 Å². The molecule has 0 spiro atoms. The summed E-state index contributed by atoms with van der Waals surface area (Å²) in [6.07, 6.45) is 7.51. The molecule has 1 saturated carbocycles. The third-order valence-corrected chi connectivity index (χ3v) is 3.85. The van der Waals surface area contributed by atoms with Gasteiger partial charge in [-0.25, -0.2) is 4.98 Å². The lowest BCUT2D eigenvalue weighted by Crippen LogP contribution is -2.05. The Morgan fingerprint density at radius 1 is 1.37 bits per heavy atom. The first-order valence-electron chi connectivity index (χ1n) is 6.90. The number of fused-ring (bicyclic) bond motifs is 1. The minimum Gasteiger partial charge on any atom is -0.493 e. The largest absolute Gasteiger partial charge is 0.493 e. The molecule has 2 aliphatic rings. The van der Waals surface area contributed by atoms with Gasteiger partial charge in [0.25, 0.3) is 0 Å². The fraction of sp³-hybridized carbons (Fsp3) is 0.400. The highest BCUT2D eigenvalue weighted by atomic mass is 16.5. The molecule has 1 N–H and O–H groups in total. The van der Waals surface area contributed by atoms with E-state index in [1.54, 1.807) is 0 Å². The number of anilines is 1. The summed E-state index contributed by atoms with van der Waals surface area (Å²) in [5.41, 5.74) is 3.73. The normalized spacial score (nSPS) is 17.1. The molecule has 1 fully saturated rings. The molecule has 2 heterocycles. The lowest BCUT2D eigenvalue weighted by molar-refractivity contribution is 0.357. The van der Waals surface area contributed by atoms with Gasteiger partial charge in [-0.2, -0.15) is 0 Å². The van der Waals surface area contributed by atoms with E-state index < -0.39 is 0 Å². The summed E-state index contributed by atoms with van der Waals surface area (Å²) in [6, 6.07) is 7.03. The fourth-order valence-corrected chi connectivity index (χ4v) is 2.64. The summed E-state index contributed by atoms with van der Waals surface area (Å²) in [5.74, 6) is 1.04. The van der Waals surface area contributed by atoms with Crippen molar-refractivity contribution in [1.29, 1.82) is 0 Å². The molecule has 0 amide bonds. The van der Waals surface area contributed by atoms with Crippen LogP contribution < -0.4 is 10.1 Å². The van der Waals surface area contributed by atoms with Gasteiger partial charge < -0.3 is 14.6 Å². The SMILES string of the molecule is c1cc2c(cc1NCc1cncn1C1CC1)CCO2. The van der Waals surface area contributed by atoms with E-state index in [4.69, 9.17) is 4.74 Å². The third-order valence-electron chi connectivity index (χ3n) is 3.85. The number of rotatable bonds is 4. The van der Waals surface area contributed by atoms with Gasteiger partial charge in [0.1, 0.15) is 5.75 Å². The maximum atomic E-state index is 5.52. The maximum absolute atomic E-state index is 5.52. The molecule has 1 aliphatic heterocycles. The van der Waals surface area contributed by atoms with E-state index in [1.807, 2.05) is 12.5 Å². The molecule has 1 aromatic heterocycles. The number of aromatic nitrogens is 2. The number of ether oxygens (including phenoxy) is 1. The highest BCUT2D eigenvalue weighted by Crippen LogP contribution is 2.35. The minimum absolute atomic E-state index is 0.688. The second kappa shape index (κ2) is 4.30. The molecule has 0 saturated heterocycles. The molecule has 98 valence electrons. The van der Waals surface area contributed by atoms with Gasteiger partial charge in [0.15, 0.2) is 0 Å². The first kappa shape index (κ1) is 10.9. The summed E-state index contributed by atoms with van der Waals surface area (Å²) in [6.45, 7) is 1.64. The predicted molar refractivity (Wildman–Crippen MR) is 73.5 cm³/mol. The van der Waals surface area contributed by atoms with E-state index in [0.717, 1.165) is 31.0 Å². The van der Waals surface area contributed by atoms with E-state index in [0.29, 0.717) is 6.04 Å². The Hall–Kier alpha value is -1.97. The maximum Gasteiger partial charge on any atom is 0.122 e. The van der Waals surface area contributed by atoms with Gasteiger partial charge >= 0.3 is 0 Å². The molecule has 19 heavy (non-hydrogen) atoms. The Kier molecular flexibility index (Phi) is 2.47. The van der Waals surface area contributed by atoms with Crippen molar-refractivity contribution < 1.29 is 4.74 Å². The zero-order chi connectivity index (χ0) is 12.7. The summed E-state index contributed by atoms with van der Waals surface area (Å²) in [5, 5.41) is 3.48. The number of imidazole rings is 1. The smallest absolute Gasteiger partial charge is 0.122 e. The van der Waals surface area contributed by atoms with Crippen molar-refractivity contribution >= 4 is 5.69 Å². The number of nitrogens with zero attached hydrogens (tertiary/aromatic N) is 2. The molecular weight excluding hydrogens is 238 g/mol.